The largest absolute Gasteiger partial charge is 0.480 e. The van der Waals surface area contributed by atoms with E-state index in [0.717, 1.165) is 19.5 Å². The minimum atomic E-state index is -0.962. The SMILES string of the molecule is O=C(O)CN(CC(=O)O)C1CCN(C2CC2)C1. The monoisotopic (exact) mass is 242 g/mol. The third-order valence-electron chi connectivity index (χ3n) is 3.45. The molecular weight excluding hydrogens is 224 g/mol. The zero-order valence-electron chi connectivity index (χ0n) is 9.71. The molecular formula is C11H18N2O4. The first kappa shape index (κ1) is 12.3. The molecule has 1 saturated heterocycles. The number of rotatable bonds is 6. The highest BCUT2D eigenvalue weighted by Gasteiger charge is 2.37. The molecule has 0 aromatic heterocycles. The normalized spacial score (nSPS) is 25.4. The van der Waals surface area contributed by atoms with E-state index in [1.807, 2.05) is 0 Å². The topological polar surface area (TPSA) is 81.1 Å². The lowest BCUT2D eigenvalue weighted by Crippen LogP contribution is -2.43. The summed E-state index contributed by atoms with van der Waals surface area (Å²) in [5, 5.41) is 17.6. The van der Waals surface area contributed by atoms with Crippen LogP contribution in [-0.4, -0.2) is 70.2 Å². The molecule has 2 aliphatic rings. The number of hydrogen-bond donors (Lipinski definition) is 2. The number of carboxylic acid groups (broad SMARTS) is 2. The molecule has 1 atom stereocenters. The van der Waals surface area contributed by atoms with Crippen LogP contribution in [0, 0.1) is 0 Å². The zero-order valence-corrected chi connectivity index (χ0v) is 9.71. The van der Waals surface area contributed by atoms with Crippen LogP contribution in [0.1, 0.15) is 19.3 Å². The van der Waals surface area contributed by atoms with Crippen LogP contribution < -0.4 is 0 Å². The standard InChI is InChI=1S/C11H18N2O4/c14-10(15)6-13(7-11(16)17)9-3-4-12(5-9)8-1-2-8/h8-9H,1-7H2,(H,14,15)(H,16,17). The summed E-state index contributed by atoms with van der Waals surface area (Å²) in [6.07, 6.45) is 3.33. The van der Waals surface area contributed by atoms with Crippen molar-refractivity contribution in [2.75, 3.05) is 26.2 Å². The lowest BCUT2D eigenvalue weighted by Gasteiger charge is -2.25. The molecule has 96 valence electrons. The number of likely N-dealkylation sites (tertiary alicyclic amines) is 1. The highest BCUT2D eigenvalue weighted by molar-refractivity contribution is 5.72. The van der Waals surface area contributed by atoms with Gasteiger partial charge in [-0.25, -0.2) is 0 Å². The summed E-state index contributed by atoms with van der Waals surface area (Å²) in [6, 6.07) is 0.735. The zero-order chi connectivity index (χ0) is 12.4. The van der Waals surface area contributed by atoms with Crippen molar-refractivity contribution in [1.82, 2.24) is 9.80 Å². The number of hydrogen-bond acceptors (Lipinski definition) is 4. The summed E-state index contributed by atoms with van der Waals surface area (Å²) >= 11 is 0. The Morgan fingerprint density at radius 1 is 1.12 bits per heavy atom. The highest BCUT2D eigenvalue weighted by Crippen LogP contribution is 2.30. The van der Waals surface area contributed by atoms with Crippen LogP contribution in [0.4, 0.5) is 0 Å². The van der Waals surface area contributed by atoms with Gasteiger partial charge in [-0.3, -0.25) is 19.4 Å². The average Bonchev–Trinajstić information content (AvgIpc) is 2.94. The van der Waals surface area contributed by atoms with Gasteiger partial charge in [-0.05, 0) is 19.3 Å². The van der Waals surface area contributed by atoms with Gasteiger partial charge in [-0.15, -0.1) is 0 Å². The molecule has 1 heterocycles. The number of nitrogens with zero attached hydrogens (tertiary/aromatic N) is 2. The highest BCUT2D eigenvalue weighted by atomic mass is 16.4. The second-order valence-corrected chi connectivity index (χ2v) is 4.86. The summed E-state index contributed by atoms with van der Waals surface area (Å²) in [5.74, 6) is -1.92. The van der Waals surface area contributed by atoms with E-state index in [2.05, 4.69) is 4.90 Å². The van der Waals surface area contributed by atoms with Gasteiger partial charge in [-0.2, -0.15) is 0 Å². The average molecular weight is 242 g/mol. The third-order valence-corrected chi connectivity index (χ3v) is 3.45. The summed E-state index contributed by atoms with van der Waals surface area (Å²) < 4.78 is 0. The van der Waals surface area contributed by atoms with E-state index in [1.165, 1.54) is 12.8 Å². The first-order valence-electron chi connectivity index (χ1n) is 5.98. The van der Waals surface area contributed by atoms with Gasteiger partial charge in [0.15, 0.2) is 0 Å². The van der Waals surface area contributed by atoms with Gasteiger partial charge in [0.2, 0.25) is 0 Å². The van der Waals surface area contributed by atoms with Crippen LogP contribution in [0.25, 0.3) is 0 Å². The molecule has 0 amide bonds. The van der Waals surface area contributed by atoms with Crippen LogP contribution >= 0.6 is 0 Å². The third kappa shape index (κ3) is 3.41. The minimum Gasteiger partial charge on any atom is -0.480 e. The molecule has 0 spiro atoms. The van der Waals surface area contributed by atoms with E-state index >= 15 is 0 Å². The van der Waals surface area contributed by atoms with Crippen molar-refractivity contribution in [3.63, 3.8) is 0 Å². The van der Waals surface area contributed by atoms with Gasteiger partial charge >= 0.3 is 11.9 Å². The van der Waals surface area contributed by atoms with Crippen molar-refractivity contribution >= 4 is 11.9 Å². The van der Waals surface area contributed by atoms with Gasteiger partial charge in [0, 0.05) is 25.2 Å². The lowest BCUT2D eigenvalue weighted by molar-refractivity contribution is -0.142. The molecule has 2 N–H and O–H groups in total. The van der Waals surface area contributed by atoms with E-state index in [0.29, 0.717) is 6.04 Å². The maximum atomic E-state index is 10.7. The van der Waals surface area contributed by atoms with Gasteiger partial charge in [0.05, 0.1) is 13.1 Å². The van der Waals surface area contributed by atoms with E-state index in [-0.39, 0.29) is 19.1 Å². The Morgan fingerprint density at radius 2 is 1.71 bits per heavy atom. The quantitative estimate of drug-likeness (QED) is 0.665. The molecule has 1 aliphatic heterocycles. The van der Waals surface area contributed by atoms with E-state index in [4.69, 9.17) is 10.2 Å². The summed E-state index contributed by atoms with van der Waals surface area (Å²) in [6.45, 7) is 1.40. The number of carbonyl (C=O) groups is 2. The van der Waals surface area contributed by atoms with Gasteiger partial charge in [0.25, 0.3) is 0 Å². The van der Waals surface area contributed by atoms with Crippen molar-refractivity contribution in [1.29, 1.82) is 0 Å². The van der Waals surface area contributed by atoms with Crippen LogP contribution in [0.3, 0.4) is 0 Å². The second-order valence-electron chi connectivity index (χ2n) is 4.86. The minimum absolute atomic E-state index is 0.0720. The van der Waals surface area contributed by atoms with Crippen LogP contribution in [0.5, 0.6) is 0 Å². The molecule has 2 rings (SSSR count). The smallest absolute Gasteiger partial charge is 0.317 e. The molecule has 2 fully saturated rings. The summed E-state index contributed by atoms with van der Waals surface area (Å²) in [5.41, 5.74) is 0. The fourth-order valence-corrected chi connectivity index (χ4v) is 2.50. The van der Waals surface area contributed by atoms with Gasteiger partial charge < -0.3 is 10.2 Å². The Hall–Kier alpha value is -1.14. The van der Waals surface area contributed by atoms with Crippen molar-refractivity contribution in [3.8, 4) is 0 Å². The molecule has 6 heteroatoms. The van der Waals surface area contributed by atoms with Crippen LogP contribution in [0.2, 0.25) is 0 Å². The maximum Gasteiger partial charge on any atom is 0.317 e. The van der Waals surface area contributed by atoms with Crippen molar-refractivity contribution in [3.05, 3.63) is 0 Å². The molecule has 17 heavy (non-hydrogen) atoms. The summed E-state index contributed by atoms with van der Waals surface area (Å²) in [4.78, 5) is 25.4. The Kier molecular flexibility index (Phi) is 3.63. The Labute approximate surface area is 99.8 Å². The number of aliphatic carboxylic acids is 2. The fourth-order valence-electron chi connectivity index (χ4n) is 2.50. The van der Waals surface area contributed by atoms with Gasteiger partial charge in [0.1, 0.15) is 0 Å². The summed E-state index contributed by atoms with van der Waals surface area (Å²) in [7, 11) is 0. The lowest BCUT2D eigenvalue weighted by atomic mass is 10.2. The predicted molar refractivity (Wildman–Crippen MR) is 59.8 cm³/mol. The van der Waals surface area contributed by atoms with Crippen molar-refractivity contribution < 1.29 is 19.8 Å². The van der Waals surface area contributed by atoms with E-state index < -0.39 is 11.9 Å². The molecule has 0 radical (unpaired) electrons. The van der Waals surface area contributed by atoms with Crippen LogP contribution in [-0.2, 0) is 9.59 Å². The number of carboxylic acids is 2. The van der Waals surface area contributed by atoms with Crippen molar-refractivity contribution in [2.24, 2.45) is 0 Å². The first-order chi connectivity index (χ1) is 8.06. The van der Waals surface area contributed by atoms with Crippen molar-refractivity contribution in [2.45, 2.75) is 31.3 Å². The molecule has 1 saturated carbocycles. The molecule has 6 nitrogen and oxygen atoms in total. The maximum absolute atomic E-state index is 10.7. The molecule has 0 bridgehead atoms. The molecule has 1 aliphatic carbocycles. The van der Waals surface area contributed by atoms with Crippen LogP contribution in [0.15, 0.2) is 0 Å². The Balaban J connectivity index is 1.90. The van der Waals surface area contributed by atoms with E-state index in [9.17, 15) is 9.59 Å². The second kappa shape index (κ2) is 5.01. The molecule has 1 unspecified atom stereocenters. The fraction of sp³-hybridized carbons (Fsp3) is 0.818. The van der Waals surface area contributed by atoms with E-state index in [1.54, 1.807) is 4.90 Å². The molecule has 0 aromatic carbocycles. The first-order valence-corrected chi connectivity index (χ1v) is 5.98. The Bertz CT molecular complexity index is 301. The molecule has 0 aromatic rings. The predicted octanol–water partition coefficient (Wildman–Crippen LogP) is -0.306. The van der Waals surface area contributed by atoms with Gasteiger partial charge in [-0.1, -0.05) is 0 Å². The Morgan fingerprint density at radius 3 is 2.18 bits per heavy atom.